The van der Waals surface area contributed by atoms with E-state index >= 15 is 0 Å². The van der Waals surface area contributed by atoms with E-state index in [1.807, 2.05) is 30.3 Å². The van der Waals surface area contributed by atoms with Crippen LogP contribution < -0.4 is 5.43 Å². The molecule has 0 spiro atoms. The van der Waals surface area contributed by atoms with Gasteiger partial charge in [0, 0.05) is 12.1 Å². The highest BCUT2D eigenvalue weighted by molar-refractivity contribution is 5.18. The maximum absolute atomic E-state index is 11.5. The van der Waals surface area contributed by atoms with Gasteiger partial charge in [0.15, 0.2) is 5.75 Å². The van der Waals surface area contributed by atoms with Crippen LogP contribution in [0.3, 0.4) is 0 Å². The molecule has 2 N–H and O–H groups in total. The van der Waals surface area contributed by atoms with Crippen LogP contribution in [0.2, 0.25) is 0 Å². The Bertz CT molecular complexity index is 698. The summed E-state index contributed by atoms with van der Waals surface area (Å²) in [4.78, 5) is 13.7. The van der Waals surface area contributed by atoms with E-state index in [0.717, 1.165) is 31.2 Å². The van der Waals surface area contributed by atoms with Crippen molar-refractivity contribution >= 4 is 0 Å². The van der Waals surface area contributed by atoms with E-state index in [-0.39, 0.29) is 11.8 Å². The molecule has 122 valence electrons. The van der Waals surface area contributed by atoms with Crippen LogP contribution in [0.1, 0.15) is 36.7 Å². The molecule has 2 atom stereocenters. The van der Waals surface area contributed by atoms with E-state index in [1.54, 1.807) is 0 Å². The summed E-state index contributed by atoms with van der Waals surface area (Å²) in [6, 6.07) is 11.2. The number of hydrogen-bond acceptors (Lipinski definition) is 5. The number of rotatable bonds is 5. The molecule has 0 bridgehead atoms. The van der Waals surface area contributed by atoms with Gasteiger partial charge >= 0.3 is 0 Å². The third-order valence-electron chi connectivity index (χ3n) is 4.40. The Morgan fingerprint density at radius 1 is 1.30 bits per heavy atom. The molecule has 0 unspecified atom stereocenters. The van der Waals surface area contributed by atoms with E-state index in [9.17, 15) is 15.0 Å². The molecule has 0 radical (unpaired) electrons. The summed E-state index contributed by atoms with van der Waals surface area (Å²) in [5.41, 5.74) is 0.502. The molecule has 5 nitrogen and oxygen atoms in total. The number of aromatic hydroxyl groups is 1. The Hall–Kier alpha value is -2.11. The van der Waals surface area contributed by atoms with Crippen molar-refractivity contribution in [3.63, 3.8) is 0 Å². The van der Waals surface area contributed by atoms with E-state index < -0.39 is 11.5 Å². The van der Waals surface area contributed by atoms with E-state index in [4.69, 9.17) is 4.42 Å². The largest absolute Gasteiger partial charge is 0.502 e. The van der Waals surface area contributed by atoms with Gasteiger partial charge in [-0.25, -0.2) is 0 Å². The summed E-state index contributed by atoms with van der Waals surface area (Å²) < 4.78 is 5.28. The van der Waals surface area contributed by atoms with Gasteiger partial charge in [-0.3, -0.25) is 9.69 Å². The minimum Gasteiger partial charge on any atom is -0.502 e. The maximum atomic E-state index is 11.5. The first kappa shape index (κ1) is 15.8. The van der Waals surface area contributed by atoms with Gasteiger partial charge in [0.25, 0.3) is 0 Å². The molecule has 1 aromatic carbocycles. The van der Waals surface area contributed by atoms with Crippen LogP contribution in [-0.2, 0) is 6.54 Å². The Morgan fingerprint density at radius 2 is 2.09 bits per heavy atom. The van der Waals surface area contributed by atoms with Crippen molar-refractivity contribution in [3.8, 4) is 5.75 Å². The van der Waals surface area contributed by atoms with Crippen LogP contribution in [-0.4, -0.2) is 27.7 Å². The lowest BCUT2D eigenvalue weighted by Crippen LogP contribution is -2.30. The van der Waals surface area contributed by atoms with Gasteiger partial charge in [-0.1, -0.05) is 30.3 Å². The first-order valence-electron chi connectivity index (χ1n) is 7.91. The Morgan fingerprint density at radius 3 is 2.83 bits per heavy atom. The average molecular weight is 315 g/mol. The third-order valence-corrected chi connectivity index (χ3v) is 4.40. The highest BCUT2D eigenvalue weighted by Gasteiger charge is 2.27. The summed E-state index contributed by atoms with van der Waals surface area (Å²) in [6.07, 6.45) is 3.34. The van der Waals surface area contributed by atoms with Crippen LogP contribution in [0.15, 0.2) is 51.9 Å². The lowest BCUT2D eigenvalue weighted by atomic mass is 10.0. The van der Waals surface area contributed by atoms with Crippen molar-refractivity contribution in [1.29, 1.82) is 0 Å². The van der Waals surface area contributed by atoms with Gasteiger partial charge < -0.3 is 14.6 Å². The average Bonchev–Trinajstić information content (AvgIpc) is 2.98. The van der Waals surface area contributed by atoms with E-state index in [1.165, 1.54) is 6.07 Å². The Labute approximate surface area is 134 Å². The fraction of sp³-hybridized carbons (Fsp3) is 0.389. The van der Waals surface area contributed by atoms with Crippen LogP contribution in [0, 0.1) is 0 Å². The van der Waals surface area contributed by atoms with Crippen molar-refractivity contribution in [1.82, 2.24) is 4.90 Å². The molecule has 1 aliphatic rings. The molecule has 23 heavy (non-hydrogen) atoms. The number of aliphatic hydroxyl groups is 1. The molecule has 1 aromatic heterocycles. The van der Waals surface area contributed by atoms with Gasteiger partial charge in [-0.05, 0) is 31.4 Å². The van der Waals surface area contributed by atoms with Crippen molar-refractivity contribution in [2.45, 2.75) is 38.0 Å². The van der Waals surface area contributed by atoms with Gasteiger partial charge in [-0.15, -0.1) is 0 Å². The zero-order valence-corrected chi connectivity index (χ0v) is 12.9. The first-order valence-corrected chi connectivity index (χ1v) is 7.91. The van der Waals surface area contributed by atoms with Crippen molar-refractivity contribution < 1.29 is 14.6 Å². The predicted molar refractivity (Wildman–Crippen MR) is 86.1 cm³/mol. The number of benzene rings is 1. The number of nitrogens with zero attached hydrogens (tertiary/aromatic N) is 1. The smallest absolute Gasteiger partial charge is 0.226 e. The fourth-order valence-corrected chi connectivity index (χ4v) is 3.17. The van der Waals surface area contributed by atoms with E-state index in [0.29, 0.717) is 18.7 Å². The summed E-state index contributed by atoms with van der Waals surface area (Å²) in [6.45, 7) is 1.43. The SMILES string of the molecule is O=c1cc(CN2CCC[C@@H]2C[C@H](O)c2ccccc2)occ1O. The normalized spacial score (nSPS) is 19.8. The fourth-order valence-electron chi connectivity index (χ4n) is 3.17. The second kappa shape index (κ2) is 6.98. The zero-order chi connectivity index (χ0) is 16.2. The molecule has 2 heterocycles. The minimum atomic E-state index is -0.492. The molecule has 5 heteroatoms. The molecule has 0 amide bonds. The monoisotopic (exact) mass is 315 g/mol. The molecule has 1 saturated heterocycles. The Kier molecular flexibility index (Phi) is 4.79. The lowest BCUT2D eigenvalue weighted by molar-refractivity contribution is 0.114. The summed E-state index contributed by atoms with van der Waals surface area (Å²) >= 11 is 0. The summed E-state index contributed by atoms with van der Waals surface area (Å²) in [5.74, 6) is 0.167. The second-order valence-electron chi connectivity index (χ2n) is 6.02. The molecule has 0 saturated carbocycles. The molecular weight excluding hydrogens is 294 g/mol. The van der Waals surface area contributed by atoms with Crippen LogP contribution >= 0.6 is 0 Å². The molecule has 0 aliphatic carbocycles. The Balaban J connectivity index is 1.65. The van der Waals surface area contributed by atoms with Crippen molar-refractivity contribution in [2.75, 3.05) is 6.54 Å². The highest BCUT2D eigenvalue weighted by atomic mass is 16.4. The molecule has 1 fully saturated rings. The zero-order valence-electron chi connectivity index (χ0n) is 12.9. The number of likely N-dealkylation sites (tertiary alicyclic amines) is 1. The van der Waals surface area contributed by atoms with Gasteiger partial charge in [-0.2, -0.15) is 0 Å². The van der Waals surface area contributed by atoms with E-state index in [2.05, 4.69) is 4.90 Å². The second-order valence-corrected chi connectivity index (χ2v) is 6.02. The van der Waals surface area contributed by atoms with Gasteiger partial charge in [0.1, 0.15) is 12.0 Å². The van der Waals surface area contributed by atoms with Crippen molar-refractivity contribution in [2.24, 2.45) is 0 Å². The lowest BCUT2D eigenvalue weighted by Gasteiger charge is -2.26. The van der Waals surface area contributed by atoms with Gasteiger partial charge in [0.2, 0.25) is 5.43 Å². The highest BCUT2D eigenvalue weighted by Crippen LogP contribution is 2.28. The van der Waals surface area contributed by atoms with Crippen LogP contribution in [0.25, 0.3) is 0 Å². The van der Waals surface area contributed by atoms with Crippen LogP contribution in [0.4, 0.5) is 0 Å². The first-order chi connectivity index (χ1) is 11.1. The molecule has 3 rings (SSSR count). The summed E-state index contributed by atoms with van der Waals surface area (Å²) in [5, 5.41) is 19.7. The number of aliphatic hydroxyl groups excluding tert-OH is 1. The van der Waals surface area contributed by atoms with Gasteiger partial charge in [0.05, 0.1) is 12.6 Å². The minimum absolute atomic E-state index is 0.254. The predicted octanol–water partition coefficient (Wildman–Crippen LogP) is 2.43. The standard InChI is InChI=1S/C18H21NO4/c20-16(13-5-2-1-3-6-13)9-14-7-4-8-19(14)11-15-10-17(21)18(22)12-23-15/h1-3,5-6,10,12,14,16,20,22H,4,7-9,11H2/t14-,16+/m1/s1. The topological polar surface area (TPSA) is 73.9 Å². The maximum Gasteiger partial charge on any atom is 0.226 e. The molecular formula is C18H21NO4. The molecule has 2 aromatic rings. The van der Waals surface area contributed by atoms with Crippen molar-refractivity contribution in [3.05, 3.63) is 64.2 Å². The quantitative estimate of drug-likeness (QED) is 0.886. The number of hydrogen-bond donors (Lipinski definition) is 2. The third kappa shape index (κ3) is 3.81. The summed E-state index contributed by atoms with van der Waals surface area (Å²) in [7, 11) is 0. The molecule has 1 aliphatic heterocycles. The van der Waals surface area contributed by atoms with Crippen LogP contribution in [0.5, 0.6) is 5.75 Å².